The van der Waals surface area contributed by atoms with E-state index in [9.17, 15) is 0 Å². The summed E-state index contributed by atoms with van der Waals surface area (Å²) in [5.41, 5.74) is 0.00463. The second-order valence-electron chi connectivity index (χ2n) is 2.45. The number of halogens is 1. The third-order valence-electron chi connectivity index (χ3n) is 1.22. The summed E-state index contributed by atoms with van der Waals surface area (Å²) >= 11 is 9.77. The molecule has 0 N–H and O–H groups in total. The minimum Gasteiger partial charge on any atom is -0.217 e. The number of nitrogens with zero attached hydrogens (tertiary/aromatic N) is 1. The molecule has 0 aliphatic carbocycles. The maximum Gasteiger partial charge on any atom is 0.0390 e. The highest BCUT2D eigenvalue weighted by Crippen LogP contribution is 2.14. The van der Waals surface area contributed by atoms with Crippen LogP contribution in [-0.2, 0) is 0 Å². The first-order chi connectivity index (χ1) is 3.50. The Morgan fingerprint density at radius 3 is 2.00 bits per heavy atom. The van der Waals surface area contributed by atoms with E-state index in [1.807, 2.05) is 20.9 Å². The van der Waals surface area contributed by atoms with Crippen molar-refractivity contribution in [3.8, 4) is 0 Å². The molecule has 0 fully saturated rings. The minimum absolute atomic E-state index is 0.00463. The van der Waals surface area contributed by atoms with E-state index in [0.29, 0.717) is 0 Å². The third-order valence-corrected chi connectivity index (χ3v) is 2.45. The van der Waals surface area contributed by atoms with E-state index >= 15 is 0 Å². The normalized spacial score (nSPS) is 12.8. The van der Waals surface area contributed by atoms with Gasteiger partial charge in [-0.3, -0.25) is 0 Å². The molecule has 50 valence electrons. The summed E-state index contributed by atoms with van der Waals surface area (Å²) in [5.74, 6) is 0.771. The maximum absolute atomic E-state index is 5.65. The standard InChI is InChI=1S/C5H12ClNS/c1-5(2,4-8)7(3)6/h8H,4H2,1-3H3. The second kappa shape index (κ2) is 2.95. The van der Waals surface area contributed by atoms with Gasteiger partial charge < -0.3 is 0 Å². The molecule has 0 bridgehead atoms. The maximum atomic E-state index is 5.65. The molecule has 0 unspecified atom stereocenters. The van der Waals surface area contributed by atoms with Crippen LogP contribution >= 0.6 is 24.4 Å². The van der Waals surface area contributed by atoms with E-state index in [4.69, 9.17) is 11.8 Å². The monoisotopic (exact) mass is 153 g/mol. The molecule has 0 saturated heterocycles. The summed E-state index contributed by atoms with van der Waals surface area (Å²) in [7, 11) is 1.83. The molecule has 0 rings (SSSR count). The number of hydrogen-bond donors (Lipinski definition) is 1. The first kappa shape index (κ1) is 8.60. The van der Waals surface area contributed by atoms with E-state index in [2.05, 4.69) is 12.6 Å². The molecule has 8 heavy (non-hydrogen) atoms. The van der Waals surface area contributed by atoms with Crippen LogP contribution in [-0.4, -0.2) is 22.8 Å². The molecule has 0 radical (unpaired) electrons. The Morgan fingerprint density at radius 2 is 2.00 bits per heavy atom. The van der Waals surface area contributed by atoms with Crippen molar-refractivity contribution < 1.29 is 0 Å². The van der Waals surface area contributed by atoms with Crippen LogP contribution in [0.2, 0.25) is 0 Å². The van der Waals surface area contributed by atoms with Gasteiger partial charge in [0, 0.05) is 18.3 Å². The van der Waals surface area contributed by atoms with Crippen molar-refractivity contribution in [2.24, 2.45) is 0 Å². The number of rotatable bonds is 2. The molecule has 0 spiro atoms. The number of hydrogen-bond acceptors (Lipinski definition) is 2. The Balaban J connectivity index is 3.71. The zero-order valence-corrected chi connectivity index (χ0v) is 7.13. The van der Waals surface area contributed by atoms with E-state index in [1.54, 1.807) is 4.42 Å². The lowest BCUT2D eigenvalue weighted by Gasteiger charge is -2.27. The van der Waals surface area contributed by atoms with Crippen LogP contribution in [0.3, 0.4) is 0 Å². The average molecular weight is 154 g/mol. The van der Waals surface area contributed by atoms with Crippen molar-refractivity contribution in [1.29, 1.82) is 0 Å². The highest BCUT2D eigenvalue weighted by molar-refractivity contribution is 7.80. The van der Waals surface area contributed by atoms with Gasteiger partial charge in [-0.2, -0.15) is 12.6 Å². The summed E-state index contributed by atoms with van der Waals surface area (Å²) in [5, 5.41) is 0. The third kappa shape index (κ3) is 2.25. The molecule has 0 aromatic rings. The smallest absolute Gasteiger partial charge is 0.0390 e. The van der Waals surface area contributed by atoms with Gasteiger partial charge in [0.2, 0.25) is 0 Å². The first-order valence-electron chi connectivity index (χ1n) is 2.51. The Morgan fingerprint density at radius 1 is 1.62 bits per heavy atom. The van der Waals surface area contributed by atoms with E-state index in [0.717, 1.165) is 5.75 Å². The Hall–Kier alpha value is 0.600. The van der Waals surface area contributed by atoms with Crippen LogP contribution in [0.25, 0.3) is 0 Å². The Bertz CT molecular complexity index is 72.8. The van der Waals surface area contributed by atoms with Gasteiger partial charge in [-0.25, -0.2) is 4.42 Å². The van der Waals surface area contributed by atoms with Crippen molar-refractivity contribution in [2.45, 2.75) is 19.4 Å². The average Bonchev–Trinajstić information content (AvgIpc) is 1.67. The highest BCUT2D eigenvalue weighted by Gasteiger charge is 2.19. The van der Waals surface area contributed by atoms with Crippen LogP contribution in [0.4, 0.5) is 0 Å². The van der Waals surface area contributed by atoms with Gasteiger partial charge in [-0.15, -0.1) is 0 Å². The molecule has 0 aromatic carbocycles. The molecular weight excluding hydrogens is 142 g/mol. The summed E-state index contributed by atoms with van der Waals surface area (Å²) < 4.78 is 1.64. The zero-order valence-electron chi connectivity index (χ0n) is 5.48. The van der Waals surface area contributed by atoms with Crippen molar-refractivity contribution in [2.75, 3.05) is 12.8 Å². The number of thiol groups is 1. The predicted octanol–water partition coefficient (Wildman–Crippen LogP) is 1.78. The van der Waals surface area contributed by atoms with E-state index in [1.165, 1.54) is 0 Å². The van der Waals surface area contributed by atoms with Gasteiger partial charge in [0.1, 0.15) is 0 Å². The lowest BCUT2D eigenvalue weighted by molar-refractivity contribution is 0.315. The molecule has 1 nitrogen and oxygen atoms in total. The lowest BCUT2D eigenvalue weighted by Crippen LogP contribution is -2.36. The molecule has 0 amide bonds. The fraction of sp³-hybridized carbons (Fsp3) is 1.00. The van der Waals surface area contributed by atoms with Crippen molar-refractivity contribution in [3.05, 3.63) is 0 Å². The van der Waals surface area contributed by atoms with Crippen LogP contribution in [0.15, 0.2) is 0 Å². The molecule has 0 aliphatic heterocycles. The molecule has 0 atom stereocenters. The molecule has 0 aliphatic rings. The molecule has 0 aromatic heterocycles. The molecular formula is C5H12ClNS. The van der Waals surface area contributed by atoms with Crippen LogP contribution < -0.4 is 0 Å². The zero-order chi connectivity index (χ0) is 6.78. The highest BCUT2D eigenvalue weighted by atomic mass is 35.5. The van der Waals surface area contributed by atoms with Gasteiger partial charge in [0.05, 0.1) is 0 Å². The molecule has 0 heterocycles. The lowest BCUT2D eigenvalue weighted by atomic mass is 10.1. The van der Waals surface area contributed by atoms with Crippen LogP contribution in [0, 0.1) is 0 Å². The second-order valence-corrected chi connectivity index (χ2v) is 3.27. The first-order valence-corrected chi connectivity index (χ1v) is 3.48. The molecule has 3 heteroatoms. The SMILES string of the molecule is CN(Cl)C(C)(C)CS. The van der Waals surface area contributed by atoms with Gasteiger partial charge >= 0.3 is 0 Å². The summed E-state index contributed by atoms with van der Waals surface area (Å²) in [6.45, 7) is 4.07. The van der Waals surface area contributed by atoms with Gasteiger partial charge in [0.15, 0.2) is 0 Å². The largest absolute Gasteiger partial charge is 0.217 e. The van der Waals surface area contributed by atoms with Crippen molar-refractivity contribution in [1.82, 2.24) is 4.42 Å². The van der Waals surface area contributed by atoms with Crippen LogP contribution in [0.5, 0.6) is 0 Å². The van der Waals surface area contributed by atoms with E-state index < -0.39 is 0 Å². The van der Waals surface area contributed by atoms with Gasteiger partial charge in [-0.05, 0) is 25.6 Å². The fourth-order valence-corrected chi connectivity index (χ4v) is 0.453. The van der Waals surface area contributed by atoms with Crippen molar-refractivity contribution >= 4 is 24.4 Å². The predicted molar refractivity (Wildman–Crippen MR) is 41.5 cm³/mol. The summed E-state index contributed by atoms with van der Waals surface area (Å²) in [6.07, 6.45) is 0. The Kier molecular flexibility index (Phi) is 3.17. The van der Waals surface area contributed by atoms with E-state index in [-0.39, 0.29) is 5.54 Å². The summed E-state index contributed by atoms with van der Waals surface area (Å²) in [4.78, 5) is 0. The van der Waals surface area contributed by atoms with Crippen molar-refractivity contribution in [3.63, 3.8) is 0 Å². The van der Waals surface area contributed by atoms with Gasteiger partial charge in [0.25, 0.3) is 0 Å². The Labute approximate surface area is 61.5 Å². The fourth-order valence-electron chi connectivity index (χ4n) is 0.0974. The topological polar surface area (TPSA) is 3.24 Å². The summed E-state index contributed by atoms with van der Waals surface area (Å²) in [6, 6.07) is 0. The van der Waals surface area contributed by atoms with Gasteiger partial charge in [-0.1, -0.05) is 0 Å². The molecule has 0 saturated carbocycles. The minimum atomic E-state index is 0.00463. The quantitative estimate of drug-likeness (QED) is 0.468. The van der Waals surface area contributed by atoms with Crippen LogP contribution in [0.1, 0.15) is 13.8 Å².